The molecule has 21 heavy (non-hydrogen) atoms. The lowest BCUT2D eigenvalue weighted by Gasteiger charge is -2.22. The van der Waals surface area contributed by atoms with Crippen molar-refractivity contribution in [3.05, 3.63) is 29.6 Å². The van der Waals surface area contributed by atoms with E-state index in [2.05, 4.69) is 15.6 Å². The predicted molar refractivity (Wildman–Crippen MR) is 81.2 cm³/mol. The topological polar surface area (TPSA) is 71.1 Å². The highest BCUT2D eigenvalue weighted by atomic mass is 16.2. The molecule has 1 fully saturated rings. The molecule has 1 aliphatic carbocycles. The number of rotatable bonds is 5. The molecule has 114 valence electrons. The van der Waals surface area contributed by atoms with E-state index in [1.54, 1.807) is 18.2 Å². The van der Waals surface area contributed by atoms with Gasteiger partial charge in [-0.3, -0.25) is 9.59 Å². The monoisotopic (exact) mass is 289 g/mol. The largest absolute Gasteiger partial charge is 0.351 e. The lowest BCUT2D eigenvalue weighted by Crippen LogP contribution is -2.37. The second-order valence-corrected chi connectivity index (χ2v) is 5.47. The Morgan fingerprint density at radius 2 is 1.81 bits per heavy atom. The van der Waals surface area contributed by atoms with Gasteiger partial charge in [-0.05, 0) is 31.4 Å². The first-order chi connectivity index (χ1) is 10.2. The summed E-state index contributed by atoms with van der Waals surface area (Å²) in [5, 5.41) is 5.77. The van der Waals surface area contributed by atoms with Crippen molar-refractivity contribution in [3.8, 4) is 0 Å². The van der Waals surface area contributed by atoms with E-state index in [0.717, 1.165) is 32.1 Å². The van der Waals surface area contributed by atoms with Gasteiger partial charge in [-0.25, -0.2) is 4.98 Å². The first-order valence-electron chi connectivity index (χ1n) is 7.77. The van der Waals surface area contributed by atoms with Gasteiger partial charge in [-0.1, -0.05) is 32.3 Å². The van der Waals surface area contributed by atoms with Crippen molar-refractivity contribution in [1.29, 1.82) is 0 Å². The lowest BCUT2D eigenvalue weighted by molar-refractivity contribution is 0.0922. The van der Waals surface area contributed by atoms with E-state index in [-0.39, 0.29) is 17.9 Å². The molecule has 1 aromatic heterocycles. The van der Waals surface area contributed by atoms with E-state index in [1.807, 2.05) is 6.92 Å². The fraction of sp³-hybridized carbons (Fsp3) is 0.562. The molecular weight excluding hydrogens is 266 g/mol. The summed E-state index contributed by atoms with van der Waals surface area (Å²) in [5.41, 5.74) is 0.601. The third-order valence-electron chi connectivity index (χ3n) is 3.69. The minimum Gasteiger partial charge on any atom is -0.351 e. The normalized spacial score (nSPS) is 15.5. The Bertz CT molecular complexity index is 496. The molecule has 0 aliphatic heterocycles. The van der Waals surface area contributed by atoms with E-state index in [4.69, 9.17) is 0 Å². The van der Waals surface area contributed by atoms with Crippen LogP contribution in [0.25, 0.3) is 0 Å². The van der Waals surface area contributed by atoms with Gasteiger partial charge in [0.25, 0.3) is 11.8 Å². The molecule has 0 radical (unpaired) electrons. The van der Waals surface area contributed by atoms with Crippen molar-refractivity contribution >= 4 is 11.8 Å². The summed E-state index contributed by atoms with van der Waals surface area (Å²) in [6, 6.07) is 5.21. The van der Waals surface area contributed by atoms with Crippen molar-refractivity contribution in [3.63, 3.8) is 0 Å². The second-order valence-electron chi connectivity index (χ2n) is 5.47. The van der Waals surface area contributed by atoms with Crippen LogP contribution in [0, 0.1) is 0 Å². The smallest absolute Gasteiger partial charge is 0.270 e. The number of nitrogens with one attached hydrogen (secondary N) is 2. The highest BCUT2D eigenvalue weighted by Crippen LogP contribution is 2.17. The van der Waals surface area contributed by atoms with Crippen LogP contribution in [0.4, 0.5) is 0 Å². The van der Waals surface area contributed by atoms with Crippen LogP contribution >= 0.6 is 0 Å². The standard InChI is InChI=1S/C16H23N3O2/c1-2-11-17-15(20)13-9-6-10-14(19-13)16(21)18-12-7-4-3-5-8-12/h6,9-10,12H,2-5,7-8,11H2,1H3,(H,17,20)(H,18,21). The van der Waals surface area contributed by atoms with Crippen molar-refractivity contribution in [2.24, 2.45) is 0 Å². The van der Waals surface area contributed by atoms with E-state index < -0.39 is 0 Å². The first kappa shape index (κ1) is 15.5. The molecule has 1 heterocycles. The van der Waals surface area contributed by atoms with Crippen LogP contribution in [-0.2, 0) is 0 Å². The van der Waals surface area contributed by atoms with Crippen molar-refractivity contribution < 1.29 is 9.59 Å². The van der Waals surface area contributed by atoms with Crippen LogP contribution in [0.15, 0.2) is 18.2 Å². The summed E-state index contributed by atoms with van der Waals surface area (Å²) < 4.78 is 0. The zero-order valence-corrected chi connectivity index (χ0v) is 12.5. The molecule has 0 unspecified atom stereocenters. The molecule has 5 heteroatoms. The van der Waals surface area contributed by atoms with Crippen LogP contribution in [0.5, 0.6) is 0 Å². The highest BCUT2D eigenvalue weighted by molar-refractivity contribution is 5.96. The Balaban J connectivity index is 1.98. The zero-order valence-electron chi connectivity index (χ0n) is 12.5. The summed E-state index contributed by atoms with van der Waals surface area (Å²) in [5.74, 6) is -0.420. The number of pyridine rings is 1. The van der Waals surface area contributed by atoms with Gasteiger partial charge >= 0.3 is 0 Å². The fourth-order valence-electron chi connectivity index (χ4n) is 2.52. The van der Waals surface area contributed by atoms with Crippen molar-refractivity contribution in [2.75, 3.05) is 6.54 Å². The second kappa shape index (κ2) is 7.76. The molecule has 1 saturated carbocycles. The van der Waals surface area contributed by atoms with Crippen molar-refractivity contribution in [1.82, 2.24) is 15.6 Å². The Morgan fingerprint density at radius 3 is 2.48 bits per heavy atom. The molecule has 0 atom stereocenters. The Kier molecular flexibility index (Phi) is 5.72. The van der Waals surface area contributed by atoms with Gasteiger partial charge in [0.15, 0.2) is 0 Å². The Hall–Kier alpha value is -1.91. The van der Waals surface area contributed by atoms with Crippen LogP contribution in [0.1, 0.15) is 66.4 Å². The summed E-state index contributed by atoms with van der Waals surface area (Å²) in [7, 11) is 0. The number of hydrogen-bond acceptors (Lipinski definition) is 3. The van der Waals surface area contributed by atoms with E-state index >= 15 is 0 Å². The number of nitrogens with zero attached hydrogens (tertiary/aromatic N) is 1. The molecule has 2 amide bonds. The van der Waals surface area contributed by atoms with Gasteiger partial charge < -0.3 is 10.6 Å². The molecule has 0 saturated heterocycles. The molecule has 1 aliphatic rings. The summed E-state index contributed by atoms with van der Waals surface area (Å²) in [6.07, 6.45) is 6.51. The van der Waals surface area contributed by atoms with Crippen molar-refractivity contribution in [2.45, 2.75) is 51.5 Å². The van der Waals surface area contributed by atoms with E-state index in [9.17, 15) is 9.59 Å². The Morgan fingerprint density at radius 1 is 1.14 bits per heavy atom. The number of hydrogen-bond donors (Lipinski definition) is 2. The van der Waals surface area contributed by atoms with Gasteiger partial charge in [-0.2, -0.15) is 0 Å². The highest BCUT2D eigenvalue weighted by Gasteiger charge is 2.18. The molecule has 2 N–H and O–H groups in total. The summed E-state index contributed by atoms with van der Waals surface area (Å²) in [6.45, 7) is 2.60. The quantitative estimate of drug-likeness (QED) is 0.873. The molecule has 0 spiro atoms. The van der Waals surface area contributed by atoms with Gasteiger partial charge in [0, 0.05) is 12.6 Å². The van der Waals surface area contributed by atoms with E-state index in [0.29, 0.717) is 17.9 Å². The molecule has 1 aromatic rings. The van der Waals surface area contributed by atoms with Gasteiger partial charge in [-0.15, -0.1) is 0 Å². The lowest BCUT2D eigenvalue weighted by atomic mass is 9.95. The van der Waals surface area contributed by atoms with Gasteiger partial charge in [0.2, 0.25) is 0 Å². The zero-order chi connectivity index (χ0) is 15.1. The SMILES string of the molecule is CCCNC(=O)c1cccc(C(=O)NC2CCCCC2)n1. The summed E-state index contributed by atoms with van der Waals surface area (Å²) in [4.78, 5) is 28.2. The molecule has 5 nitrogen and oxygen atoms in total. The third kappa shape index (κ3) is 4.55. The van der Waals surface area contributed by atoms with Crippen LogP contribution < -0.4 is 10.6 Å². The number of carbonyl (C=O) groups excluding carboxylic acids is 2. The Labute approximate surface area is 125 Å². The maximum absolute atomic E-state index is 12.2. The van der Waals surface area contributed by atoms with Crippen LogP contribution in [0.2, 0.25) is 0 Å². The molecular formula is C16H23N3O2. The van der Waals surface area contributed by atoms with Gasteiger partial charge in [0.05, 0.1) is 0 Å². The average Bonchev–Trinajstić information content (AvgIpc) is 2.53. The molecule has 0 bridgehead atoms. The van der Waals surface area contributed by atoms with E-state index in [1.165, 1.54) is 6.42 Å². The van der Waals surface area contributed by atoms with Crippen LogP contribution in [-0.4, -0.2) is 29.4 Å². The fourth-order valence-corrected chi connectivity index (χ4v) is 2.52. The van der Waals surface area contributed by atoms with Gasteiger partial charge in [0.1, 0.15) is 11.4 Å². The molecule has 0 aromatic carbocycles. The van der Waals surface area contributed by atoms with Crippen LogP contribution in [0.3, 0.4) is 0 Å². The number of amides is 2. The maximum Gasteiger partial charge on any atom is 0.270 e. The first-order valence-corrected chi connectivity index (χ1v) is 7.77. The molecule has 2 rings (SSSR count). The third-order valence-corrected chi connectivity index (χ3v) is 3.69. The minimum absolute atomic E-state index is 0.188. The minimum atomic E-state index is -0.232. The number of aromatic nitrogens is 1. The average molecular weight is 289 g/mol. The maximum atomic E-state index is 12.2. The summed E-state index contributed by atoms with van der Waals surface area (Å²) >= 11 is 0. The number of carbonyl (C=O) groups is 2. The predicted octanol–water partition coefficient (Wildman–Crippen LogP) is 2.28.